The van der Waals surface area contributed by atoms with Crippen LogP contribution in [0.2, 0.25) is 0 Å². The summed E-state index contributed by atoms with van der Waals surface area (Å²) < 4.78 is 0. The first-order valence-corrected chi connectivity index (χ1v) is 5.21. The first-order valence-electron chi connectivity index (χ1n) is 5.21. The standard InChI is InChI=1S/C11H13N3O3/c1-12-8-5-3-2-4-7(8)10(15)13-9-6-17-14-11(9)16/h2-5,9,12H,6H2,1H3,(H,13,15)(H,14,16)/t9-/m1/s1. The van der Waals surface area contributed by atoms with Gasteiger partial charge in [0, 0.05) is 12.7 Å². The van der Waals surface area contributed by atoms with Gasteiger partial charge in [0.1, 0.15) is 12.6 Å². The Morgan fingerprint density at radius 1 is 1.47 bits per heavy atom. The summed E-state index contributed by atoms with van der Waals surface area (Å²) in [5.41, 5.74) is 3.39. The lowest BCUT2D eigenvalue weighted by Gasteiger charge is -2.11. The van der Waals surface area contributed by atoms with Crippen molar-refractivity contribution >= 4 is 17.5 Å². The average molecular weight is 235 g/mol. The highest BCUT2D eigenvalue weighted by molar-refractivity contribution is 6.01. The Kier molecular flexibility index (Phi) is 3.24. The highest BCUT2D eigenvalue weighted by atomic mass is 16.7. The van der Waals surface area contributed by atoms with Crippen LogP contribution in [0.25, 0.3) is 0 Å². The SMILES string of the molecule is CNc1ccccc1C(=O)N[C@@H]1CONC1=O. The van der Waals surface area contributed by atoms with E-state index in [0.717, 1.165) is 0 Å². The molecule has 17 heavy (non-hydrogen) atoms. The largest absolute Gasteiger partial charge is 0.387 e. The minimum Gasteiger partial charge on any atom is -0.387 e. The van der Waals surface area contributed by atoms with Crippen molar-refractivity contribution in [3.63, 3.8) is 0 Å². The average Bonchev–Trinajstić information content (AvgIpc) is 2.75. The van der Waals surface area contributed by atoms with Gasteiger partial charge < -0.3 is 10.6 Å². The van der Waals surface area contributed by atoms with E-state index in [0.29, 0.717) is 11.3 Å². The minimum absolute atomic E-state index is 0.145. The summed E-state index contributed by atoms with van der Waals surface area (Å²) in [4.78, 5) is 27.9. The highest BCUT2D eigenvalue weighted by Gasteiger charge is 2.27. The summed E-state index contributed by atoms with van der Waals surface area (Å²) in [5.74, 6) is -0.638. The molecule has 0 bridgehead atoms. The molecular formula is C11H13N3O3. The Labute approximate surface area is 98.3 Å². The Balaban J connectivity index is 2.11. The van der Waals surface area contributed by atoms with Crippen LogP contribution in [0.1, 0.15) is 10.4 Å². The lowest BCUT2D eigenvalue weighted by molar-refractivity contribution is -0.125. The van der Waals surface area contributed by atoms with Crippen molar-refractivity contribution in [3.8, 4) is 0 Å². The molecule has 1 aromatic rings. The topological polar surface area (TPSA) is 79.5 Å². The Morgan fingerprint density at radius 3 is 2.88 bits per heavy atom. The third kappa shape index (κ3) is 2.36. The van der Waals surface area contributed by atoms with Crippen LogP contribution >= 0.6 is 0 Å². The number of anilines is 1. The van der Waals surface area contributed by atoms with E-state index in [1.54, 1.807) is 25.2 Å². The lowest BCUT2D eigenvalue weighted by Crippen LogP contribution is -2.41. The van der Waals surface area contributed by atoms with Crippen molar-refractivity contribution in [1.29, 1.82) is 0 Å². The first-order chi connectivity index (χ1) is 8.22. The molecule has 1 aromatic carbocycles. The zero-order chi connectivity index (χ0) is 12.3. The zero-order valence-electron chi connectivity index (χ0n) is 9.32. The Bertz CT molecular complexity index is 447. The van der Waals surface area contributed by atoms with E-state index in [2.05, 4.69) is 16.1 Å². The molecule has 0 aromatic heterocycles. The van der Waals surface area contributed by atoms with Gasteiger partial charge in [-0.3, -0.25) is 14.4 Å². The van der Waals surface area contributed by atoms with Crippen LogP contribution < -0.4 is 16.1 Å². The molecule has 0 unspecified atom stereocenters. The number of para-hydroxylation sites is 1. The molecule has 1 aliphatic heterocycles. The number of rotatable bonds is 3. The molecule has 0 aliphatic carbocycles. The molecule has 6 nitrogen and oxygen atoms in total. The summed E-state index contributed by atoms with van der Waals surface area (Å²) in [6, 6.07) is 6.44. The van der Waals surface area contributed by atoms with Gasteiger partial charge in [-0.25, -0.2) is 5.48 Å². The number of nitrogens with one attached hydrogen (secondary N) is 3. The van der Waals surface area contributed by atoms with Gasteiger partial charge in [0.05, 0.1) is 5.56 Å². The van der Waals surface area contributed by atoms with Gasteiger partial charge >= 0.3 is 0 Å². The smallest absolute Gasteiger partial charge is 0.268 e. The van der Waals surface area contributed by atoms with E-state index in [1.165, 1.54) is 0 Å². The number of hydrogen-bond acceptors (Lipinski definition) is 4. The van der Waals surface area contributed by atoms with Crippen LogP contribution in [-0.4, -0.2) is 31.5 Å². The second-order valence-corrected chi connectivity index (χ2v) is 3.60. The van der Waals surface area contributed by atoms with Gasteiger partial charge in [-0.2, -0.15) is 0 Å². The molecule has 90 valence electrons. The van der Waals surface area contributed by atoms with Crippen molar-refractivity contribution in [2.75, 3.05) is 19.0 Å². The highest BCUT2D eigenvalue weighted by Crippen LogP contribution is 2.14. The van der Waals surface area contributed by atoms with E-state index in [4.69, 9.17) is 4.84 Å². The Hall–Kier alpha value is -2.08. The number of amides is 2. The molecular weight excluding hydrogens is 222 g/mol. The molecule has 0 radical (unpaired) electrons. The molecule has 1 atom stereocenters. The van der Waals surface area contributed by atoms with E-state index in [-0.39, 0.29) is 18.4 Å². The summed E-state index contributed by atoms with van der Waals surface area (Å²) >= 11 is 0. The monoisotopic (exact) mass is 235 g/mol. The van der Waals surface area contributed by atoms with Crippen LogP contribution in [0.4, 0.5) is 5.69 Å². The van der Waals surface area contributed by atoms with Gasteiger partial charge in [-0.1, -0.05) is 12.1 Å². The second kappa shape index (κ2) is 4.84. The van der Waals surface area contributed by atoms with E-state index in [9.17, 15) is 9.59 Å². The molecule has 1 aliphatic rings. The molecule has 1 saturated heterocycles. The van der Waals surface area contributed by atoms with Crippen molar-refractivity contribution in [2.45, 2.75) is 6.04 Å². The fourth-order valence-corrected chi connectivity index (χ4v) is 1.59. The Morgan fingerprint density at radius 2 is 2.24 bits per heavy atom. The van der Waals surface area contributed by atoms with Crippen LogP contribution in [-0.2, 0) is 9.63 Å². The van der Waals surface area contributed by atoms with E-state index < -0.39 is 6.04 Å². The van der Waals surface area contributed by atoms with E-state index in [1.807, 2.05) is 6.07 Å². The molecule has 1 fully saturated rings. The predicted molar refractivity (Wildman–Crippen MR) is 61.3 cm³/mol. The maximum atomic E-state index is 11.9. The molecule has 6 heteroatoms. The van der Waals surface area contributed by atoms with Crippen LogP contribution in [0.3, 0.4) is 0 Å². The van der Waals surface area contributed by atoms with Gasteiger partial charge in [-0.05, 0) is 12.1 Å². The lowest BCUT2D eigenvalue weighted by atomic mass is 10.1. The van der Waals surface area contributed by atoms with Crippen LogP contribution in [0, 0.1) is 0 Å². The summed E-state index contributed by atoms with van der Waals surface area (Å²) in [6.07, 6.45) is 0. The van der Waals surface area contributed by atoms with Crippen molar-refractivity contribution in [2.24, 2.45) is 0 Å². The molecule has 3 N–H and O–H groups in total. The molecule has 2 rings (SSSR count). The first kappa shape index (κ1) is 11.4. The number of carbonyl (C=O) groups is 2. The number of carbonyl (C=O) groups excluding carboxylic acids is 2. The quantitative estimate of drug-likeness (QED) is 0.683. The van der Waals surface area contributed by atoms with Gasteiger partial charge in [-0.15, -0.1) is 0 Å². The summed E-state index contributed by atoms with van der Waals surface area (Å²) in [6.45, 7) is 0.145. The number of benzene rings is 1. The maximum absolute atomic E-state index is 11.9. The van der Waals surface area contributed by atoms with Crippen LogP contribution in [0.5, 0.6) is 0 Å². The predicted octanol–water partition coefficient (Wildman–Crippen LogP) is -0.112. The zero-order valence-corrected chi connectivity index (χ0v) is 9.32. The molecule has 0 spiro atoms. The van der Waals surface area contributed by atoms with Crippen molar-refractivity contribution in [1.82, 2.24) is 10.8 Å². The van der Waals surface area contributed by atoms with Gasteiger partial charge in [0.2, 0.25) is 0 Å². The molecule has 2 amide bonds. The molecule has 1 heterocycles. The molecule has 0 saturated carbocycles. The second-order valence-electron chi connectivity index (χ2n) is 3.60. The number of hydrogen-bond donors (Lipinski definition) is 3. The third-order valence-electron chi connectivity index (χ3n) is 2.49. The summed E-state index contributed by atoms with van der Waals surface area (Å²) in [5, 5.41) is 5.52. The summed E-state index contributed by atoms with van der Waals surface area (Å²) in [7, 11) is 1.73. The normalized spacial score (nSPS) is 18.6. The van der Waals surface area contributed by atoms with Crippen molar-refractivity contribution < 1.29 is 14.4 Å². The third-order valence-corrected chi connectivity index (χ3v) is 2.49. The maximum Gasteiger partial charge on any atom is 0.268 e. The van der Waals surface area contributed by atoms with Crippen LogP contribution in [0.15, 0.2) is 24.3 Å². The number of hydroxylamine groups is 1. The fourth-order valence-electron chi connectivity index (χ4n) is 1.59. The minimum atomic E-state index is -0.632. The van der Waals surface area contributed by atoms with Gasteiger partial charge in [0.15, 0.2) is 0 Å². The van der Waals surface area contributed by atoms with E-state index >= 15 is 0 Å². The van der Waals surface area contributed by atoms with Crippen molar-refractivity contribution in [3.05, 3.63) is 29.8 Å². The fraction of sp³-hybridized carbons (Fsp3) is 0.273. The van der Waals surface area contributed by atoms with Gasteiger partial charge in [0.25, 0.3) is 11.8 Å².